The van der Waals surface area contributed by atoms with Crippen LogP contribution in [0.1, 0.15) is 59.8 Å². The lowest BCUT2D eigenvalue weighted by atomic mass is 9.94. The third-order valence-electron chi connectivity index (χ3n) is 4.73. The van der Waals surface area contributed by atoms with Gasteiger partial charge in [-0.3, -0.25) is 9.59 Å². The largest absolute Gasteiger partial charge is 0.481 e. The molecule has 0 radical (unpaired) electrons. The van der Waals surface area contributed by atoms with Crippen LogP contribution in [-0.2, 0) is 9.59 Å². The molecule has 0 aromatic heterocycles. The van der Waals surface area contributed by atoms with E-state index in [4.69, 9.17) is 0 Å². The number of carboxylic acids is 1. The summed E-state index contributed by atoms with van der Waals surface area (Å²) in [6.07, 6.45) is 4.36. The molecule has 3 unspecified atom stereocenters. The fourth-order valence-corrected chi connectivity index (χ4v) is 3.22. The van der Waals surface area contributed by atoms with Crippen molar-refractivity contribution in [3.63, 3.8) is 0 Å². The second-order valence-corrected chi connectivity index (χ2v) is 6.46. The second-order valence-electron chi connectivity index (χ2n) is 6.46. The first-order chi connectivity index (χ1) is 9.38. The van der Waals surface area contributed by atoms with Crippen molar-refractivity contribution in [2.75, 3.05) is 0 Å². The van der Waals surface area contributed by atoms with Gasteiger partial charge in [0, 0.05) is 6.04 Å². The van der Waals surface area contributed by atoms with Crippen molar-refractivity contribution in [2.24, 2.45) is 23.7 Å². The van der Waals surface area contributed by atoms with E-state index in [-0.39, 0.29) is 17.9 Å². The molecule has 0 aromatic rings. The highest BCUT2D eigenvalue weighted by Gasteiger charge is 2.42. The summed E-state index contributed by atoms with van der Waals surface area (Å²) in [5.74, 6) is -0.795. The maximum absolute atomic E-state index is 12.3. The van der Waals surface area contributed by atoms with Crippen LogP contribution in [0.5, 0.6) is 0 Å². The van der Waals surface area contributed by atoms with Crippen molar-refractivity contribution in [3.05, 3.63) is 0 Å². The maximum Gasteiger partial charge on any atom is 0.307 e. The Hall–Kier alpha value is -1.06. The van der Waals surface area contributed by atoms with Gasteiger partial charge in [0.05, 0.1) is 11.8 Å². The minimum absolute atomic E-state index is 0.0656. The van der Waals surface area contributed by atoms with E-state index in [2.05, 4.69) is 26.1 Å². The van der Waals surface area contributed by atoms with Gasteiger partial charge in [-0.15, -0.1) is 0 Å². The predicted molar refractivity (Wildman–Crippen MR) is 79.3 cm³/mol. The van der Waals surface area contributed by atoms with Gasteiger partial charge in [0.1, 0.15) is 0 Å². The highest BCUT2D eigenvalue weighted by molar-refractivity contribution is 5.85. The van der Waals surface area contributed by atoms with Crippen LogP contribution >= 0.6 is 0 Å². The van der Waals surface area contributed by atoms with Crippen LogP contribution in [0.4, 0.5) is 0 Å². The molecular formula is C16H29NO3. The molecule has 4 heteroatoms. The number of carbonyl (C=O) groups is 2. The van der Waals surface area contributed by atoms with Crippen LogP contribution < -0.4 is 5.32 Å². The Balaban J connectivity index is 2.58. The molecule has 1 amide bonds. The molecule has 1 rings (SSSR count). The Morgan fingerprint density at radius 1 is 1.20 bits per heavy atom. The molecule has 1 aliphatic rings. The summed E-state index contributed by atoms with van der Waals surface area (Å²) in [5, 5.41) is 12.3. The molecule has 0 spiro atoms. The zero-order valence-electron chi connectivity index (χ0n) is 13.2. The molecule has 0 saturated heterocycles. The third-order valence-corrected chi connectivity index (χ3v) is 4.73. The van der Waals surface area contributed by atoms with Gasteiger partial charge in [0.15, 0.2) is 0 Å². The van der Waals surface area contributed by atoms with Crippen molar-refractivity contribution in [1.82, 2.24) is 5.32 Å². The van der Waals surface area contributed by atoms with Crippen LogP contribution in [0.3, 0.4) is 0 Å². The normalized spacial score (nSPS) is 28.9. The average Bonchev–Trinajstić information content (AvgIpc) is 2.82. The molecule has 20 heavy (non-hydrogen) atoms. The second kappa shape index (κ2) is 7.65. The molecule has 4 nitrogen and oxygen atoms in total. The van der Waals surface area contributed by atoms with Crippen molar-refractivity contribution >= 4 is 11.9 Å². The van der Waals surface area contributed by atoms with Crippen LogP contribution in [-0.4, -0.2) is 23.0 Å². The van der Waals surface area contributed by atoms with Gasteiger partial charge in [-0.05, 0) is 38.0 Å². The van der Waals surface area contributed by atoms with Gasteiger partial charge >= 0.3 is 5.97 Å². The van der Waals surface area contributed by atoms with E-state index in [0.29, 0.717) is 18.3 Å². The van der Waals surface area contributed by atoms with Gasteiger partial charge in [-0.1, -0.05) is 33.6 Å². The summed E-state index contributed by atoms with van der Waals surface area (Å²) in [6.45, 7) is 8.38. The van der Waals surface area contributed by atoms with Crippen molar-refractivity contribution in [2.45, 2.75) is 65.8 Å². The van der Waals surface area contributed by atoms with Gasteiger partial charge in [0.2, 0.25) is 5.91 Å². The van der Waals surface area contributed by atoms with Gasteiger partial charge < -0.3 is 10.4 Å². The number of amides is 1. The quantitative estimate of drug-likeness (QED) is 0.754. The lowest BCUT2D eigenvalue weighted by molar-refractivity contribution is -0.146. The number of aliphatic carboxylic acids is 1. The lowest BCUT2D eigenvalue weighted by Gasteiger charge is -2.21. The van der Waals surface area contributed by atoms with Crippen LogP contribution in [0.15, 0.2) is 0 Å². The summed E-state index contributed by atoms with van der Waals surface area (Å²) >= 11 is 0. The van der Waals surface area contributed by atoms with Crippen molar-refractivity contribution < 1.29 is 14.7 Å². The van der Waals surface area contributed by atoms with Crippen LogP contribution in [0.2, 0.25) is 0 Å². The Labute approximate surface area is 122 Å². The van der Waals surface area contributed by atoms with Crippen LogP contribution in [0.25, 0.3) is 0 Å². The van der Waals surface area contributed by atoms with Gasteiger partial charge in [0.25, 0.3) is 0 Å². The van der Waals surface area contributed by atoms with E-state index >= 15 is 0 Å². The minimum atomic E-state index is -0.823. The first-order valence-corrected chi connectivity index (χ1v) is 7.92. The van der Waals surface area contributed by atoms with E-state index in [1.54, 1.807) is 0 Å². The number of rotatable bonds is 7. The summed E-state index contributed by atoms with van der Waals surface area (Å²) in [5.41, 5.74) is 0. The predicted octanol–water partition coefficient (Wildman–Crippen LogP) is 3.06. The number of carbonyl (C=O) groups excluding carboxylic acids is 1. The van der Waals surface area contributed by atoms with E-state index in [1.807, 2.05) is 6.92 Å². The Morgan fingerprint density at radius 3 is 2.30 bits per heavy atom. The first kappa shape index (κ1) is 17.0. The molecule has 0 aromatic carbocycles. The molecule has 1 aliphatic carbocycles. The molecule has 0 bridgehead atoms. The van der Waals surface area contributed by atoms with E-state index in [9.17, 15) is 14.7 Å². The van der Waals surface area contributed by atoms with E-state index in [0.717, 1.165) is 25.7 Å². The number of hydrogen-bond acceptors (Lipinski definition) is 2. The summed E-state index contributed by atoms with van der Waals surface area (Å²) < 4.78 is 0. The lowest BCUT2D eigenvalue weighted by Crippen LogP contribution is -2.40. The molecule has 1 fully saturated rings. The number of carboxylic acid groups (broad SMARTS) is 1. The minimum Gasteiger partial charge on any atom is -0.481 e. The van der Waals surface area contributed by atoms with Gasteiger partial charge in [-0.25, -0.2) is 0 Å². The van der Waals surface area contributed by atoms with E-state index < -0.39 is 11.9 Å². The Morgan fingerprint density at radius 2 is 1.80 bits per heavy atom. The van der Waals surface area contributed by atoms with Gasteiger partial charge in [-0.2, -0.15) is 0 Å². The molecule has 0 aliphatic heterocycles. The third kappa shape index (κ3) is 4.50. The summed E-state index contributed by atoms with van der Waals surface area (Å²) in [7, 11) is 0. The molecule has 1 saturated carbocycles. The zero-order chi connectivity index (χ0) is 15.3. The van der Waals surface area contributed by atoms with Crippen molar-refractivity contribution in [3.8, 4) is 0 Å². The molecular weight excluding hydrogens is 254 g/mol. The van der Waals surface area contributed by atoms with Crippen LogP contribution in [0, 0.1) is 23.7 Å². The smallest absolute Gasteiger partial charge is 0.307 e. The molecule has 2 N–H and O–H groups in total. The topological polar surface area (TPSA) is 66.4 Å². The molecule has 116 valence electrons. The summed E-state index contributed by atoms with van der Waals surface area (Å²) in [4.78, 5) is 23.6. The highest BCUT2D eigenvalue weighted by Crippen LogP contribution is 2.38. The monoisotopic (exact) mass is 283 g/mol. The highest BCUT2D eigenvalue weighted by atomic mass is 16.4. The number of nitrogens with one attached hydrogen (secondary N) is 1. The Kier molecular flexibility index (Phi) is 6.50. The first-order valence-electron chi connectivity index (χ1n) is 7.92. The Bertz CT molecular complexity index is 343. The summed E-state index contributed by atoms with van der Waals surface area (Å²) in [6, 6.07) is 0.118. The maximum atomic E-state index is 12.3. The number of hydrogen-bond donors (Lipinski definition) is 2. The fourth-order valence-electron chi connectivity index (χ4n) is 3.22. The van der Waals surface area contributed by atoms with Crippen molar-refractivity contribution in [1.29, 1.82) is 0 Å². The molecule has 0 heterocycles. The average molecular weight is 283 g/mol. The standard InChI is InChI=1S/C16H29NO3/c1-5-10(3)7-11(4)17-15(18)13-8-12(6-2)9-14(13)16(19)20/h10-14H,5-9H2,1-4H3,(H,17,18)(H,19,20)/t10?,11?,12?,13-,14+/m0/s1. The fraction of sp³-hybridized carbons (Fsp3) is 0.875. The van der Waals surface area contributed by atoms with E-state index in [1.165, 1.54) is 0 Å². The molecule has 5 atom stereocenters. The SMILES string of the molecule is CCC(C)CC(C)NC(=O)[C@H]1CC(CC)C[C@H]1C(=O)O. The zero-order valence-corrected chi connectivity index (χ0v) is 13.2.